The SMILES string of the molecule is O=C(Cc1ccc(-c2noc(C(F)(F)F)n2)cc1)Cc1cccc(C(F)(F)F)n1. The highest BCUT2D eigenvalue weighted by atomic mass is 19.4. The molecule has 0 amide bonds. The quantitative estimate of drug-likeness (QED) is 0.573. The molecule has 2 heterocycles. The van der Waals surface area contributed by atoms with Crippen LogP contribution in [0.15, 0.2) is 47.0 Å². The second-order valence-electron chi connectivity index (χ2n) is 6.02. The lowest BCUT2D eigenvalue weighted by Crippen LogP contribution is -2.12. The Hall–Kier alpha value is -3.24. The van der Waals surface area contributed by atoms with Gasteiger partial charge in [0.05, 0.1) is 0 Å². The van der Waals surface area contributed by atoms with Crippen molar-refractivity contribution in [3.8, 4) is 11.4 Å². The number of hydrogen-bond acceptors (Lipinski definition) is 5. The lowest BCUT2D eigenvalue weighted by molar-refractivity contribution is -0.159. The molecule has 0 saturated heterocycles. The summed E-state index contributed by atoms with van der Waals surface area (Å²) in [5.74, 6) is -2.10. The van der Waals surface area contributed by atoms with Gasteiger partial charge in [0.25, 0.3) is 0 Å². The van der Waals surface area contributed by atoms with Gasteiger partial charge in [0.2, 0.25) is 5.82 Å². The minimum atomic E-state index is -4.75. The third-order valence-electron chi connectivity index (χ3n) is 3.76. The number of ketones is 1. The van der Waals surface area contributed by atoms with Crippen molar-refractivity contribution in [2.75, 3.05) is 0 Å². The Morgan fingerprint density at radius 1 is 0.862 bits per heavy atom. The Kier molecular flexibility index (Phi) is 5.40. The van der Waals surface area contributed by atoms with Crippen LogP contribution in [0.3, 0.4) is 0 Å². The molecule has 0 unspecified atom stereocenters. The van der Waals surface area contributed by atoms with Gasteiger partial charge in [0, 0.05) is 24.1 Å². The zero-order valence-electron chi connectivity index (χ0n) is 14.4. The summed E-state index contributed by atoms with van der Waals surface area (Å²) in [5.41, 5.74) is -0.316. The Morgan fingerprint density at radius 3 is 2.14 bits per heavy atom. The van der Waals surface area contributed by atoms with Gasteiger partial charge in [0.15, 0.2) is 0 Å². The fourth-order valence-corrected chi connectivity index (χ4v) is 2.46. The van der Waals surface area contributed by atoms with E-state index in [4.69, 9.17) is 0 Å². The van der Waals surface area contributed by atoms with E-state index in [1.807, 2.05) is 0 Å². The largest absolute Gasteiger partial charge is 0.471 e. The Labute approximate surface area is 159 Å². The molecule has 2 aromatic heterocycles. The first-order chi connectivity index (χ1) is 13.5. The maximum Gasteiger partial charge on any atom is 0.471 e. The van der Waals surface area contributed by atoms with Crippen LogP contribution in [0.4, 0.5) is 26.3 Å². The summed E-state index contributed by atoms with van der Waals surface area (Å²) in [6, 6.07) is 9.10. The molecule has 0 aliphatic carbocycles. The van der Waals surface area contributed by atoms with E-state index in [1.165, 1.54) is 36.4 Å². The van der Waals surface area contributed by atoms with Crippen molar-refractivity contribution in [3.05, 3.63) is 65.3 Å². The minimum Gasteiger partial charge on any atom is -0.329 e. The standard InChI is InChI=1S/C18H11F6N3O2/c19-17(20,21)14-3-1-2-12(25-14)9-13(28)8-10-4-6-11(7-5-10)15-26-16(29-27-15)18(22,23)24/h1-7H,8-9H2. The molecule has 5 nitrogen and oxygen atoms in total. The fourth-order valence-electron chi connectivity index (χ4n) is 2.46. The highest BCUT2D eigenvalue weighted by molar-refractivity contribution is 5.82. The summed E-state index contributed by atoms with van der Waals surface area (Å²) in [4.78, 5) is 18.8. The van der Waals surface area contributed by atoms with Crippen molar-refractivity contribution in [2.24, 2.45) is 0 Å². The average molecular weight is 415 g/mol. The lowest BCUT2D eigenvalue weighted by Gasteiger charge is -2.07. The smallest absolute Gasteiger partial charge is 0.329 e. The molecule has 0 N–H and O–H groups in total. The van der Waals surface area contributed by atoms with E-state index in [0.717, 1.165) is 6.07 Å². The van der Waals surface area contributed by atoms with E-state index >= 15 is 0 Å². The van der Waals surface area contributed by atoms with Gasteiger partial charge in [-0.3, -0.25) is 4.79 Å². The highest BCUT2D eigenvalue weighted by Gasteiger charge is 2.38. The number of hydrogen-bond donors (Lipinski definition) is 0. The van der Waals surface area contributed by atoms with E-state index in [1.54, 1.807) is 0 Å². The Balaban J connectivity index is 1.65. The van der Waals surface area contributed by atoms with Gasteiger partial charge < -0.3 is 4.52 Å². The van der Waals surface area contributed by atoms with E-state index in [2.05, 4.69) is 19.6 Å². The molecule has 0 spiro atoms. The Bertz CT molecular complexity index is 1010. The molecular weight excluding hydrogens is 404 g/mol. The zero-order chi connectivity index (χ0) is 21.2. The van der Waals surface area contributed by atoms with Crippen LogP contribution in [-0.2, 0) is 30.0 Å². The van der Waals surface area contributed by atoms with Gasteiger partial charge in [-0.25, -0.2) is 4.98 Å². The van der Waals surface area contributed by atoms with E-state index in [9.17, 15) is 31.1 Å². The second kappa shape index (κ2) is 7.64. The number of alkyl halides is 6. The normalized spacial score (nSPS) is 12.2. The van der Waals surface area contributed by atoms with Gasteiger partial charge >= 0.3 is 18.2 Å². The summed E-state index contributed by atoms with van der Waals surface area (Å²) in [6.07, 6.45) is -9.73. The molecular formula is C18H11F6N3O2. The summed E-state index contributed by atoms with van der Waals surface area (Å²) in [6.45, 7) is 0. The summed E-state index contributed by atoms with van der Waals surface area (Å²) < 4.78 is 79.6. The van der Waals surface area contributed by atoms with Crippen LogP contribution in [0.2, 0.25) is 0 Å². The molecule has 0 fully saturated rings. The third-order valence-corrected chi connectivity index (χ3v) is 3.76. The van der Waals surface area contributed by atoms with E-state index < -0.39 is 23.9 Å². The molecule has 11 heteroatoms. The number of carbonyl (C=O) groups excluding carboxylic acids is 1. The number of aromatic nitrogens is 3. The van der Waals surface area contributed by atoms with Gasteiger partial charge in [-0.15, -0.1) is 0 Å². The van der Waals surface area contributed by atoms with Crippen LogP contribution in [0.5, 0.6) is 0 Å². The zero-order valence-corrected chi connectivity index (χ0v) is 14.4. The molecule has 152 valence electrons. The molecule has 29 heavy (non-hydrogen) atoms. The van der Waals surface area contributed by atoms with Crippen molar-refractivity contribution < 1.29 is 35.7 Å². The number of rotatable bonds is 5. The summed E-state index contributed by atoms with van der Waals surface area (Å²) in [5, 5.41) is 3.25. The van der Waals surface area contributed by atoms with Gasteiger partial charge in [-0.05, 0) is 17.7 Å². The number of nitrogens with zero attached hydrogens (tertiary/aromatic N) is 3. The van der Waals surface area contributed by atoms with Crippen molar-refractivity contribution in [1.82, 2.24) is 15.1 Å². The van der Waals surface area contributed by atoms with Crippen LogP contribution < -0.4 is 0 Å². The first kappa shape index (κ1) is 20.5. The fraction of sp³-hybridized carbons (Fsp3) is 0.222. The average Bonchev–Trinajstić information content (AvgIpc) is 3.12. The molecule has 0 aliphatic rings. The molecule has 1 aromatic carbocycles. The molecule has 0 saturated carbocycles. The van der Waals surface area contributed by atoms with Crippen LogP contribution in [0.25, 0.3) is 11.4 Å². The van der Waals surface area contributed by atoms with Gasteiger partial charge in [-0.2, -0.15) is 31.3 Å². The van der Waals surface area contributed by atoms with Crippen LogP contribution in [0, 0.1) is 0 Å². The maximum absolute atomic E-state index is 12.7. The monoisotopic (exact) mass is 415 g/mol. The molecule has 0 radical (unpaired) electrons. The molecule has 0 atom stereocenters. The van der Waals surface area contributed by atoms with Crippen molar-refractivity contribution in [1.29, 1.82) is 0 Å². The van der Waals surface area contributed by atoms with E-state index in [0.29, 0.717) is 5.56 Å². The second-order valence-corrected chi connectivity index (χ2v) is 6.02. The first-order valence-corrected chi connectivity index (χ1v) is 8.07. The van der Waals surface area contributed by atoms with Crippen molar-refractivity contribution in [3.63, 3.8) is 0 Å². The Morgan fingerprint density at radius 2 is 1.55 bits per heavy atom. The minimum absolute atomic E-state index is 0.00655. The predicted molar refractivity (Wildman–Crippen MR) is 86.4 cm³/mol. The highest BCUT2D eigenvalue weighted by Crippen LogP contribution is 2.29. The van der Waals surface area contributed by atoms with E-state index in [-0.39, 0.29) is 35.7 Å². The molecule has 3 aromatic rings. The van der Waals surface area contributed by atoms with Gasteiger partial charge in [0.1, 0.15) is 11.5 Å². The molecule has 3 rings (SSSR count). The first-order valence-electron chi connectivity index (χ1n) is 8.07. The number of benzene rings is 1. The van der Waals surface area contributed by atoms with Crippen LogP contribution >= 0.6 is 0 Å². The number of pyridine rings is 1. The van der Waals surface area contributed by atoms with Gasteiger partial charge in [-0.1, -0.05) is 35.5 Å². The third kappa shape index (κ3) is 5.18. The van der Waals surface area contributed by atoms with Crippen LogP contribution in [0.1, 0.15) is 22.8 Å². The number of halogens is 6. The topological polar surface area (TPSA) is 68.9 Å². The van der Waals surface area contributed by atoms with Crippen molar-refractivity contribution in [2.45, 2.75) is 25.2 Å². The van der Waals surface area contributed by atoms with Crippen LogP contribution in [-0.4, -0.2) is 20.9 Å². The summed E-state index contributed by atoms with van der Waals surface area (Å²) in [7, 11) is 0. The number of Topliss-reactive ketones (excluding diaryl/α,β-unsaturated/α-hetero) is 1. The lowest BCUT2D eigenvalue weighted by atomic mass is 10.0. The molecule has 0 aliphatic heterocycles. The predicted octanol–water partition coefficient (Wildman–Crippen LogP) is 4.52. The summed E-state index contributed by atoms with van der Waals surface area (Å²) >= 11 is 0. The maximum atomic E-state index is 12.7. The number of carbonyl (C=O) groups is 1. The molecule has 0 bridgehead atoms. The van der Waals surface area contributed by atoms with Crippen molar-refractivity contribution >= 4 is 5.78 Å².